The van der Waals surface area contributed by atoms with E-state index in [1.165, 1.54) is 11.8 Å². The Hall–Kier alpha value is -1.34. The molecule has 0 aromatic carbocycles. The van der Waals surface area contributed by atoms with Crippen molar-refractivity contribution in [3.8, 4) is 0 Å². The molecule has 0 spiro atoms. The topological polar surface area (TPSA) is 95.1 Å². The number of thioether (sulfide) groups is 1. The minimum atomic E-state index is -0.447. The van der Waals surface area contributed by atoms with E-state index >= 15 is 0 Å². The van der Waals surface area contributed by atoms with E-state index in [4.69, 9.17) is 0 Å². The van der Waals surface area contributed by atoms with Crippen LogP contribution in [0.25, 0.3) is 0 Å². The second kappa shape index (κ2) is 6.41. The van der Waals surface area contributed by atoms with Crippen LogP contribution in [0.15, 0.2) is 9.82 Å². The largest absolute Gasteiger partial charge is 0.396 e. The molecule has 0 bridgehead atoms. The maximum atomic E-state index is 12.4. The number of H-pyrrole nitrogens is 1. The van der Waals surface area contributed by atoms with Crippen LogP contribution in [-0.2, 0) is 0 Å². The molecule has 2 atom stereocenters. The van der Waals surface area contributed by atoms with E-state index in [0.717, 1.165) is 19.3 Å². The maximum Gasteiger partial charge on any atom is 0.346 e. The predicted molar refractivity (Wildman–Crippen MR) is 77.1 cm³/mol. The standard InChI is InChI=1S/C13H19N3O3S/c1-7-10(12(20-2)16-13(19)14-7)11(18)15-9-5-3-4-8(9)6-17/h8-9,17H,3-6H2,1-2H3,(H,15,18)(H,14,16,19). The zero-order valence-corrected chi connectivity index (χ0v) is 12.4. The average Bonchev–Trinajstić information content (AvgIpc) is 2.84. The number of nitrogens with one attached hydrogen (secondary N) is 2. The first kappa shape index (κ1) is 15.1. The third-order valence-corrected chi connectivity index (χ3v) is 4.40. The Morgan fingerprint density at radius 2 is 2.30 bits per heavy atom. The van der Waals surface area contributed by atoms with E-state index in [1.54, 1.807) is 13.2 Å². The maximum absolute atomic E-state index is 12.4. The molecule has 110 valence electrons. The summed E-state index contributed by atoms with van der Waals surface area (Å²) >= 11 is 1.28. The molecule has 1 aliphatic rings. The number of aliphatic hydroxyl groups excluding tert-OH is 1. The van der Waals surface area contributed by atoms with Crippen molar-refractivity contribution in [1.82, 2.24) is 15.3 Å². The molecule has 0 aliphatic heterocycles. The lowest BCUT2D eigenvalue weighted by Crippen LogP contribution is -2.39. The molecule has 1 aromatic rings. The number of aromatic nitrogens is 2. The van der Waals surface area contributed by atoms with Crippen LogP contribution in [0.4, 0.5) is 0 Å². The van der Waals surface area contributed by atoms with Gasteiger partial charge >= 0.3 is 5.69 Å². The highest BCUT2D eigenvalue weighted by molar-refractivity contribution is 7.98. The van der Waals surface area contributed by atoms with Crippen molar-refractivity contribution in [3.63, 3.8) is 0 Å². The highest BCUT2D eigenvalue weighted by Gasteiger charge is 2.29. The van der Waals surface area contributed by atoms with E-state index < -0.39 is 5.69 Å². The van der Waals surface area contributed by atoms with Crippen molar-refractivity contribution in [1.29, 1.82) is 0 Å². The molecule has 1 fully saturated rings. The van der Waals surface area contributed by atoms with Gasteiger partial charge in [-0.3, -0.25) is 4.79 Å². The van der Waals surface area contributed by atoms with E-state index in [9.17, 15) is 14.7 Å². The van der Waals surface area contributed by atoms with Crippen molar-refractivity contribution in [2.24, 2.45) is 5.92 Å². The van der Waals surface area contributed by atoms with Crippen molar-refractivity contribution in [2.75, 3.05) is 12.9 Å². The fourth-order valence-corrected chi connectivity index (χ4v) is 3.28. The van der Waals surface area contributed by atoms with Gasteiger partial charge in [0, 0.05) is 24.3 Å². The molecule has 3 N–H and O–H groups in total. The number of hydrogen-bond acceptors (Lipinski definition) is 5. The van der Waals surface area contributed by atoms with Crippen molar-refractivity contribution in [2.45, 2.75) is 37.3 Å². The molecular weight excluding hydrogens is 278 g/mol. The Balaban J connectivity index is 2.23. The molecule has 1 amide bonds. The third-order valence-electron chi connectivity index (χ3n) is 3.72. The molecule has 0 saturated heterocycles. The number of carbonyl (C=O) groups is 1. The summed E-state index contributed by atoms with van der Waals surface area (Å²) in [5.41, 5.74) is 0.489. The Morgan fingerprint density at radius 1 is 1.55 bits per heavy atom. The van der Waals surface area contributed by atoms with Gasteiger partial charge in [-0.1, -0.05) is 6.42 Å². The molecule has 1 heterocycles. The number of amides is 1. The van der Waals surface area contributed by atoms with Crippen LogP contribution in [0, 0.1) is 12.8 Å². The summed E-state index contributed by atoms with van der Waals surface area (Å²) in [6.07, 6.45) is 4.60. The van der Waals surface area contributed by atoms with Crippen LogP contribution in [0.1, 0.15) is 35.3 Å². The lowest BCUT2D eigenvalue weighted by atomic mass is 10.0. The highest BCUT2D eigenvalue weighted by Crippen LogP contribution is 2.26. The van der Waals surface area contributed by atoms with Crippen molar-refractivity contribution >= 4 is 17.7 Å². The fraction of sp³-hybridized carbons (Fsp3) is 0.615. The number of aryl methyl sites for hydroxylation is 1. The zero-order valence-electron chi connectivity index (χ0n) is 11.6. The van der Waals surface area contributed by atoms with Gasteiger partial charge in [0.05, 0.1) is 5.56 Å². The van der Waals surface area contributed by atoms with E-state index in [1.807, 2.05) is 0 Å². The minimum absolute atomic E-state index is 0.00599. The van der Waals surface area contributed by atoms with Gasteiger partial charge in [0.1, 0.15) is 5.03 Å². The summed E-state index contributed by atoms with van der Waals surface area (Å²) in [6.45, 7) is 1.78. The average molecular weight is 297 g/mol. The van der Waals surface area contributed by atoms with Crippen LogP contribution in [-0.4, -0.2) is 39.9 Å². The van der Waals surface area contributed by atoms with Crippen LogP contribution in [0.5, 0.6) is 0 Å². The first-order chi connectivity index (χ1) is 9.56. The van der Waals surface area contributed by atoms with Crippen molar-refractivity contribution < 1.29 is 9.90 Å². The highest BCUT2D eigenvalue weighted by atomic mass is 32.2. The van der Waals surface area contributed by atoms with E-state index in [2.05, 4.69) is 15.3 Å². The lowest BCUT2D eigenvalue weighted by molar-refractivity contribution is 0.0911. The summed E-state index contributed by atoms with van der Waals surface area (Å²) in [7, 11) is 0. The monoisotopic (exact) mass is 297 g/mol. The van der Waals surface area contributed by atoms with Gasteiger partial charge in [-0.25, -0.2) is 4.79 Å². The molecule has 1 aliphatic carbocycles. The van der Waals surface area contributed by atoms with Gasteiger partial charge in [0.25, 0.3) is 5.91 Å². The summed E-state index contributed by atoms with van der Waals surface area (Å²) in [6, 6.07) is -0.00599. The molecule has 0 radical (unpaired) electrons. The molecule has 7 heteroatoms. The minimum Gasteiger partial charge on any atom is -0.396 e. The Labute approximate surface area is 121 Å². The first-order valence-corrected chi connectivity index (χ1v) is 7.86. The number of carbonyl (C=O) groups excluding carboxylic acids is 1. The fourth-order valence-electron chi connectivity index (χ4n) is 2.66. The van der Waals surface area contributed by atoms with Gasteiger partial charge in [0.2, 0.25) is 0 Å². The SMILES string of the molecule is CSc1nc(=O)[nH]c(C)c1C(=O)NC1CCCC1CO. The first-order valence-electron chi connectivity index (χ1n) is 6.63. The molecule has 20 heavy (non-hydrogen) atoms. The summed E-state index contributed by atoms with van der Waals surface area (Å²) in [5, 5.41) is 12.7. The van der Waals surface area contributed by atoms with Crippen molar-refractivity contribution in [3.05, 3.63) is 21.7 Å². The molecular formula is C13H19N3O3S. The molecule has 6 nitrogen and oxygen atoms in total. The smallest absolute Gasteiger partial charge is 0.346 e. The Kier molecular flexibility index (Phi) is 4.82. The number of aromatic amines is 1. The van der Waals surface area contributed by atoms with Crippen LogP contribution in [0.3, 0.4) is 0 Å². The second-order valence-corrected chi connectivity index (χ2v) is 5.80. The van der Waals surface area contributed by atoms with E-state index in [0.29, 0.717) is 16.3 Å². The molecule has 1 aromatic heterocycles. The molecule has 1 saturated carbocycles. The lowest BCUT2D eigenvalue weighted by Gasteiger charge is -2.20. The quantitative estimate of drug-likeness (QED) is 0.561. The van der Waals surface area contributed by atoms with Gasteiger partial charge < -0.3 is 15.4 Å². The number of nitrogens with zero attached hydrogens (tertiary/aromatic N) is 1. The second-order valence-electron chi connectivity index (χ2n) is 5.00. The Morgan fingerprint density at radius 3 is 2.95 bits per heavy atom. The zero-order chi connectivity index (χ0) is 14.7. The Bertz CT molecular complexity index is 558. The predicted octanol–water partition coefficient (Wildman–Crippen LogP) is 0.691. The number of hydrogen-bond donors (Lipinski definition) is 3. The van der Waals surface area contributed by atoms with Crippen LogP contribution < -0.4 is 11.0 Å². The molecule has 2 unspecified atom stereocenters. The number of rotatable bonds is 4. The van der Waals surface area contributed by atoms with Gasteiger partial charge in [-0.2, -0.15) is 4.98 Å². The van der Waals surface area contributed by atoms with Crippen LogP contribution in [0.2, 0.25) is 0 Å². The van der Waals surface area contributed by atoms with E-state index in [-0.39, 0.29) is 24.5 Å². The number of aliphatic hydroxyl groups is 1. The summed E-state index contributed by atoms with van der Waals surface area (Å²) < 4.78 is 0. The third kappa shape index (κ3) is 3.04. The summed E-state index contributed by atoms with van der Waals surface area (Å²) in [5.74, 6) is -0.117. The molecule has 2 rings (SSSR count). The normalized spacial score (nSPS) is 21.9. The van der Waals surface area contributed by atoms with Gasteiger partial charge in [-0.05, 0) is 26.0 Å². The van der Waals surface area contributed by atoms with Gasteiger partial charge in [-0.15, -0.1) is 11.8 Å². The van der Waals surface area contributed by atoms with Crippen LogP contribution >= 0.6 is 11.8 Å². The van der Waals surface area contributed by atoms with Gasteiger partial charge in [0.15, 0.2) is 0 Å². The summed E-state index contributed by atoms with van der Waals surface area (Å²) in [4.78, 5) is 30.1.